The van der Waals surface area contributed by atoms with Crippen molar-refractivity contribution < 1.29 is 26.4 Å². The molecule has 2 N–H and O–H groups in total. The van der Waals surface area contributed by atoms with E-state index in [-0.39, 0.29) is 36.5 Å². The summed E-state index contributed by atoms with van der Waals surface area (Å²) in [5, 5.41) is 6.55. The molecular weight excluding hydrogens is 515 g/mol. The molecule has 0 heterocycles. The van der Waals surface area contributed by atoms with Crippen molar-refractivity contribution in [1.82, 2.24) is 14.9 Å². The molecule has 2 aliphatic rings. The summed E-state index contributed by atoms with van der Waals surface area (Å²) in [6.45, 7) is 7.03. The van der Waals surface area contributed by atoms with Gasteiger partial charge in [-0.15, -0.1) is 0 Å². The molecule has 6 nitrogen and oxygen atoms in total. The van der Waals surface area contributed by atoms with Crippen LogP contribution < -0.4 is 10.6 Å². The highest BCUT2D eigenvalue weighted by molar-refractivity contribution is 7.89. The van der Waals surface area contributed by atoms with Crippen LogP contribution in [0.1, 0.15) is 81.2 Å². The van der Waals surface area contributed by atoms with Crippen molar-refractivity contribution in [3.63, 3.8) is 0 Å². The van der Waals surface area contributed by atoms with Crippen molar-refractivity contribution in [3.8, 4) is 0 Å². The van der Waals surface area contributed by atoms with E-state index in [4.69, 9.17) is 0 Å². The lowest BCUT2D eigenvalue weighted by Crippen LogP contribution is -2.38. The summed E-state index contributed by atoms with van der Waals surface area (Å²) in [4.78, 5) is 12.5. The predicted molar refractivity (Wildman–Crippen MR) is 140 cm³/mol. The number of carbonyl (C=O) groups excluding carboxylic acids is 1. The minimum atomic E-state index is -4.64. The average Bonchev–Trinajstić information content (AvgIpc) is 3.67. The van der Waals surface area contributed by atoms with Crippen molar-refractivity contribution in [3.05, 3.63) is 64.7 Å². The van der Waals surface area contributed by atoms with Crippen molar-refractivity contribution in [1.29, 1.82) is 0 Å². The molecule has 0 saturated heterocycles. The van der Waals surface area contributed by atoms with E-state index < -0.39 is 26.7 Å². The van der Waals surface area contributed by atoms with Gasteiger partial charge in [0.15, 0.2) is 0 Å². The van der Waals surface area contributed by atoms with Gasteiger partial charge < -0.3 is 10.6 Å². The predicted octanol–water partition coefficient (Wildman–Crippen LogP) is 5.33. The fraction of sp³-hybridized carbons (Fsp3) is 0.536. The highest BCUT2D eigenvalue weighted by Crippen LogP contribution is 2.35. The van der Waals surface area contributed by atoms with Crippen molar-refractivity contribution in [2.45, 2.75) is 94.5 Å². The summed E-state index contributed by atoms with van der Waals surface area (Å²) in [7, 11) is -4.17. The van der Waals surface area contributed by atoms with Crippen LogP contribution in [0.3, 0.4) is 0 Å². The van der Waals surface area contributed by atoms with Crippen molar-refractivity contribution in [2.24, 2.45) is 0 Å². The Balaban J connectivity index is 1.41. The Morgan fingerprint density at radius 2 is 1.79 bits per heavy atom. The van der Waals surface area contributed by atoms with Crippen LogP contribution in [0.4, 0.5) is 13.2 Å². The second kappa shape index (κ2) is 11.0. The van der Waals surface area contributed by atoms with Gasteiger partial charge in [-0.05, 0) is 87.8 Å². The van der Waals surface area contributed by atoms with E-state index in [9.17, 15) is 26.4 Å². The lowest BCUT2D eigenvalue weighted by atomic mass is 9.86. The van der Waals surface area contributed by atoms with Gasteiger partial charge in [-0.1, -0.05) is 24.3 Å². The van der Waals surface area contributed by atoms with E-state index in [0.29, 0.717) is 18.9 Å². The zero-order valence-electron chi connectivity index (χ0n) is 22.1. The molecule has 1 amide bonds. The van der Waals surface area contributed by atoms with E-state index in [0.717, 1.165) is 43.5 Å². The standard InChI is InChI=1S/C28H36F3N3O3S/c1-27(2,3)32-18-19-10-13-24-20(16-19)6-4-9-25(24)33-26(35)14-15-34(22-11-12-22)38(36,37)23-8-5-7-21(17-23)28(29,30)31/h5,7-8,10,13,16-17,22,25,32H,4,6,9,11-12,14-15,18H2,1-3H3,(H,33,35)/t25-/m1/s1. The summed E-state index contributed by atoms with van der Waals surface area (Å²) >= 11 is 0. The first-order chi connectivity index (χ1) is 17.7. The molecule has 0 radical (unpaired) electrons. The number of hydrogen-bond donors (Lipinski definition) is 2. The normalized spacial score (nSPS) is 18.3. The maximum Gasteiger partial charge on any atom is 0.416 e. The number of nitrogens with one attached hydrogen (secondary N) is 2. The minimum Gasteiger partial charge on any atom is -0.349 e. The fourth-order valence-electron chi connectivity index (χ4n) is 4.80. The Morgan fingerprint density at radius 1 is 1.05 bits per heavy atom. The Morgan fingerprint density at radius 3 is 2.45 bits per heavy atom. The molecule has 208 valence electrons. The maximum atomic E-state index is 13.2. The number of halogens is 3. The molecule has 10 heteroatoms. The van der Waals surface area contributed by atoms with Crippen LogP contribution in [0.25, 0.3) is 0 Å². The molecule has 2 aromatic carbocycles. The van der Waals surface area contributed by atoms with Crippen LogP contribution in [0.2, 0.25) is 0 Å². The molecule has 0 spiro atoms. The largest absolute Gasteiger partial charge is 0.416 e. The number of amides is 1. The third-order valence-electron chi connectivity index (χ3n) is 6.96. The Labute approximate surface area is 223 Å². The highest BCUT2D eigenvalue weighted by Gasteiger charge is 2.39. The zero-order chi connectivity index (χ0) is 27.7. The van der Waals surface area contributed by atoms with E-state index in [1.54, 1.807) is 0 Å². The van der Waals surface area contributed by atoms with Gasteiger partial charge in [0.2, 0.25) is 15.9 Å². The first-order valence-electron chi connectivity index (χ1n) is 13.1. The molecule has 2 aromatic rings. The third kappa shape index (κ3) is 7.15. The number of nitrogens with zero attached hydrogens (tertiary/aromatic N) is 1. The molecule has 38 heavy (non-hydrogen) atoms. The first-order valence-corrected chi connectivity index (χ1v) is 14.5. The van der Waals surface area contributed by atoms with Gasteiger partial charge in [0.25, 0.3) is 0 Å². The molecule has 0 aliphatic heterocycles. The molecule has 0 aromatic heterocycles. The number of aryl methyl sites for hydroxylation is 1. The van der Waals surface area contributed by atoms with Gasteiger partial charge in [-0.25, -0.2) is 8.42 Å². The average molecular weight is 552 g/mol. The van der Waals surface area contributed by atoms with Crippen LogP contribution in [0.5, 0.6) is 0 Å². The van der Waals surface area contributed by atoms with Gasteiger partial charge >= 0.3 is 6.18 Å². The topological polar surface area (TPSA) is 78.5 Å². The Kier molecular flexibility index (Phi) is 8.26. The molecule has 1 saturated carbocycles. The lowest BCUT2D eigenvalue weighted by molar-refractivity contribution is -0.137. The zero-order valence-corrected chi connectivity index (χ0v) is 22.9. The Bertz CT molecular complexity index is 1270. The molecule has 0 unspecified atom stereocenters. The SMILES string of the molecule is CC(C)(C)NCc1ccc2c(c1)CCC[C@H]2NC(=O)CCN(C1CC1)S(=O)(=O)c1cccc(C(F)(F)F)c1. The molecular formula is C28H36F3N3O3S. The highest BCUT2D eigenvalue weighted by atomic mass is 32.2. The number of benzene rings is 2. The fourth-order valence-corrected chi connectivity index (χ4v) is 6.54. The molecule has 2 aliphatic carbocycles. The Hall–Kier alpha value is -2.43. The molecule has 1 fully saturated rings. The van der Waals surface area contributed by atoms with E-state index in [1.165, 1.54) is 21.5 Å². The molecule has 0 bridgehead atoms. The lowest BCUT2D eigenvalue weighted by Gasteiger charge is -2.28. The number of sulfonamides is 1. The van der Waals surface area contributed by atoms with Crippen LogP contribution in [0, 0.1) is 0 Å². The third-order valence-corrected chi connectivity index (χ3v) is 8.91. The number of carbonyl (C=O) groups is 1. The summed E-state index contributed by atoms with van der Waals surface area (Å²) in [6, 6.07) is 9.65. The number of fused-ring (bicyclic) bond motifs is 1. The first kappa shape index (κ1) is 28.6. The second-order valence-electron chi connectivity index (χ2n) is 11.3. The summed E-state index contributed by atoms with van der Waals surface area (Å²) in [6.07, 6.45) is -0.774. The number of hydrogen-bond acceptors (Lipinski definition) is 4. The van der Waals surface area contributed by atoms with E-state index in [2.05, 4.69) is 49.6 Å². The maximum absolute atomic E-state index is 13.2. The van der Waals surface area contributed by atoms with Crippen LogP contribution in [0.15, 0.2) is 47.4 Å². The molecule has 1 atom stereocenters. The second-order valence-corrected chi connectivity index (χ2v) is 13.2. The van der Waals surface area contributed by atoms with Crippen LogP contribution >= 0.6 is 0 Å². The summed E-state index contributed by atoms with van der Waals surface area (Å²) in [5.41, 5.74) is 2.47. The van der Waals surface area contributed by atoms with Crippen LogP contribution in [-0.2, 0) is 34.0 Å². The van der Waals surface area contributed by atoms with Crippen LogP contribution in [-0.4, -0.2) is 36.8 Å². The monoisotopic (exact) mass is 551 g/mol. The van der Waals surface area contributed by atoms with Crippen molar-refractivity contribution >= 4 is 15.9 Å². The number of alkyl halides is 3. The van der Waals surface area contributed by atoms with Gasteiger partial charge in [0.1, 0.15) is 0 Å². The number of rotatable bonds is 9. The molecule has 4 rings (SSSR count). The summed E-state index contributed by atoms with van der Waals surface area (Å²) < 4.78 is 67.1. The van der Waals surface area contributed by atoms with Gasteiger partial charge in [0.05, 0.1) is 16.5 Å². The van der Waals surface area contributed by atoms with Gasteiger partial charge in [-0.3, -0.25) is 4.79 Å². The van der Waals surface area contributed by atoms with Crippen molar-refractivity contribution in [2.75, 3.05) is 6.54 Å². The van der Waals surface area contributed by atoms with Gasteiger partial charge in [-0.2, -0.15) is 17.5 Å². The smallest absolute Gasteiger partial charge is 0.349 e. The van der Waals surface area contributed by atoms with E-state index in [1.807, 2.05) is 0 Å². The van der Waals surface area contributed by atoms with E-state index >= 15 is 0 Å². The minimum absolute atomic E-state index is 0.00930. The summed E-state index contributed by atoms with van der Waals surface area (Å²) in [5.74, 6) is -0.272. The van der Waals surface area contributed by atoms with Gasteiger partial charge in [0, 0.05) is 31.1 Å². The quantitative estimate of drug-likeness (QED) is 0.442.